The van der Waals surface area contributed by atoms with E-state index in [0.717, 1.165) is 5.92 Å². The van der Waals surface area contributed by atoms with E-state index in [1.54, 1.807) is 0 Å². The van der Waals surface area contributed by atoms with Crippen LogP contribution in [0.2, 0.25) is 0 Å². The fourth-order valence-corrected chi connectivity index (χ4v) is 1.47. The molecule has 1 aliphatic rings. The van der Waals surface area contributed by atoms with Crippen molar-refractivity contribution in [1.82, 2.24) is 5.32 Å². The van der Waals surface area contributed by atoms with Crippen molar-refractivity contribution in [3.63, 3.8) is 0 Å². The number of rotatable bonds is 5. The van der Waals surface area contributed by atoms with Crippen molar-refractivity contribution in [2.45, 2.75) is 32.2 Å². The second-order valence-corrected chi connectivity index (χ2v) is 3.77. The van der Waals surface area contributed by atoms with Crippen LogP contribution in [0.3, 0.4) is 0 Å². The molecule has 0 radical (unpaired) electrons. The van der Waals surface area contributed by atoms with Gasteiger partial charge in [-0.3, -0.25) is 0 Å². The van der Waals surface area contributed by atoms with Crippen LogP contribution in [0.25, 0.3) is 0 Å². The Morgan fingerprint density at radius 1 is 1.69 bits per heavy atom. The topological polar surface area (TPSA) is 49.3 Å². The van der Waals surface area contributed by atoms with Crippen LogP contribution < -0.4 is 5.32 Å². The fourth-order valence-electron chi connectivity index (χ4n) is 1.47. The summed E-state index contributed by atoms with van der Waals surface area (Å²) < 4.78 is 0. The summed E-state index contributed by atoms with van der Waals surface area (Å²) in [6.45, 7) is 5.97. The second kappa shape index (κ2) is 4.42. The number of carboxylic acid groups (broad SMARTS) is 1. The van der Waals surface area contributed by atoms with Gasteiger partial charge in [0.25, 0.3) is 0 Å². The lowest BCUT2D eigenvalue weighted by atomic mass is 9.80. The van der Waals surface area contributed by atoms with Crippen LogP contribution in [0.4, 0.5) is 0 Å². The van der Waals surface area contributed by atoms with Crippen LogP contribution in [-0.2, 0) is 4.79 Å². The van der Waals surface area contributed by atoms with Gasteiger partial charge in [-0.25, -0.2) is 4.79 Å². The lowest BCUT2D eigenvalue weighted by Gasteiger charge is -2.32. The van der Waals surface area contributed by atoms with Gasteiger partial charge in [0.2, 0.25) is 0 Å². The molecule has 1 aliphatic carbocycles. The Morgan fingerprint density at radius 2 is 2.31 bits per heavy atom. The summed E-state index contributed by atoms with van der Waals surface area (Å²) in [5.74, 6) is -0.171. The summed E-state index contributed by atoms with van der Waals surface area (Å²) in [4.78, 5) is 10.4. The van der Waals surface area contributed by atoms with Crippen LogP contribution >= 0.6 is 0 Å². The summed E-state index contributed by atoms with van der Waals surface area (Å²) in [7, 11) is 0. The third kappa shape index (κ3) is 2.84. The molecule has 3 nitrogen and oxygen atoms in total. The molecule has 1 atom stereocenters. The molecule has 74 valence electrons. The highest BCUT2D eigenvalue weighted by Crippen LogP contribution is 2.29. The van der Waals surface area contributed by atoms with E-state index in [2.05, 4.69) is 18.8 Å². The van der Waals surface area contributed by atoms with E-state index in [-0.39, 0.29) is 5.57 Å². The molecule has 1 unspecified atom stereocenters. The molecule has 0 aromatic carbocycles. The van der Waals surface area contributed by atoms with Gasteiger partial charge < -0.3 is 10.4 Å². The summed E-state index contributed by atoms with van der Waals surface area (Å²) in [5.41, 5.74) is 0.242. The average Bonchev–Trinajstić information content (AvgIpc) is 1.96. The molecule has 0 saturated heterocycles. The normalized spacial score (nSPS) is 19.2. The maximum atomic E-state index is 10.4. The van der Waals surface area contributed by atoms with Crippen molar-refractivity contribution in [3.05, 3.63) is 12.2 Å². The SMILES string of the molecule is C=C(CNC(C)C1CCC1)C(=O)O. The molecular formula is C10H17NO2. The highest BCUT2D eigenvalue weighted by molar-refractivity contribution is 5.86. The molecule has 0 spiro atoms. The Morgan fingerprint density at radius 3 is 2.69 bits per heavy atom. The smallest absolute Gasteiger partial charge is 0.332 e. The molecule has 3 heteroatoms. The number of hydrogen-bond donors (Lipinski definition) is 2. The zero-order valence-electron chi connectivity index (χ0n) is 8.05. The van der Waals surface area contributed by atoms with Crippen molar-refractivity contribution in [2.24, 2.45) is 5.92 Å². The Kier molecular flexibility index (Phi) is 3.48. The van der Waals surface area contributed by atoms with Gasteiger partial charge in [-0.15, -0.1) is 0 Å². The van der Waals surface area contributed by atoms with Crippen molar-refractivity contribution in [1.29, 1.82) is 0 Å². The molecule has 2 N–H and O–H groups in total. The van der Waals surface area contributed by atoms with Gasteiger partial charge in [-0.2, -0.15) is 0 Å². The molecule has 0 amide bonds. The van der Waals surface area contributed by atoms with Gasteiger partial charge in [0, 0.05) is 18.2 Å². The third-order valence-corrected chi connectivity index (χ3v) is 2.80. The van der Waals surface area contributed by atoms with Gasteiger partial charge in [0.1, 0.15) is 0 Å². The first-order valence-corrected chi connectivity index (χ1v) is 4.75. The predicted octanol–water partition coefficient (Wildman–Crippen LogP) is 1.41. The van der Waals surface area contributed by atoms with Gasteiger partial charge in [-0.1, -0.05) is 13.0 Å². The highest BCUT2D eigenvalue weighted by Gasteiger charge is 2.23. The minimum absolute atomic E-state index is 0.242. The molecule has 1 fully saturated rings. The molecule has 0 heterocycles. The van der Waals surface area contributed by atoms with E-state index in [1.807, 2.05) is 0 Å². The second-order valence-electron chi connectivity index (χ2n) is 3.77. The van der Waals surface area contributed by atoms with E-state index in [9.17, 15) is 4.79 Å². The Balaban J connectivity index is 2.17. The maximum absolute atomic E-state index is 10.4. The van der Waals surface area contributed by atoms with E-state index >= 15 is 0 Å². The molecule has 0 aromatic rings. The van der Waals surface area contributed by atoms with E-state index in [0.29, 0.717) is 12.6 Å². The number of carbonyl (C=O) groups is 1. The Bertz CT molecular complexity index is 209. The summed E-state index contributed by atoms with van der Waals surface area (Å²) in [5, 5.41) is 11.8. The van der Waals surface area contributed by atoms with Crippen LogP contribution in [0.15, 0.2) is 12.2 Å². The average molecular weight is 183 g/mol. The summed E-state index contributed by atoms with van der Waals surface area (Å²) >= 11 is 0. The van der Waals surface area contributed by atoms with Gasteiger partial charge >= 0.3 is 5.97 Å². The molecule has 0 aliphatic heterocycles. The molecular weight excluding hydrogens is 166 g/mol. The van der Waals surface area contributed by atoms with Crippen molar-refractivity contribution in [2.75, 3.05) is 6.54 Å². The van der Waals surface area contributed by atoms with E-state index in [4.69, 9.17) is 5.11 Å². The summed E-state index contributed by atoms with van der Waals surface area (Å²) in [6.07, 6.45) is 3.86. The first-order valence-electron chi connectivity index (χ1n) is 4.75. The molecule has 0 aromatic heterocycles. The van der Waals surface area contributed by atoms with Crippen molar-refractivity contribution >= 4 is 5.97 Å². The monoisotopic (exact) mass is 183 g/mol. The third-order valence-electron chi connectivity index (χ3n) is 2.80. The van der Waals surface area contributed by atoms with E-state index in [1.165, 1.54) is 19.3 Å². The zero-order valence-corrected chi connectivity index (χ0v) is 8.05. The standard InChI is InChI=1S/C10H17NO2/c1-7(10(12)13)6-11-8(2)9-4-3-5-9/h8-9,11H,1,3-6H2,2H3,(H,12,13). The first-order chi connectivity index (χ1) is 6.11. The number of carboxylic acids is 1. The highest BCUT2D eigenvalue weighted by atomic mass is 16.4. The predicted molar refractivity (Wildman–Crippen MR) is 51.6 cm³/mol. The van der Waals surface area contributed by atoms with Gasteiger partial charge in [-0.05, 0) is 25.7 Å². The Hall–Kier alpha value is -0.830. The van der Waals surface area contributed by atoms with Crippen LogP contribution in [0, 0.1) is 5.92 Å². The zero-order chi connectivity index (χ0) is 9.84. The van der Waals surface area contributed by atoms with Gasteiger partial charge in [0.15, 0.2) is 0 Å². The molecule has 0 bridgehead atoms. The Labute approximate surface area is 78.8 Å². The minimum atomic E-state index is -0.909. The quantitative estimate of drug-likeness (QED) is 0.633. The molecule has 1 rings (SSSR count). The number of aliphatic carboxylic acids is 1. The first kappa shape index (κ1) is 10.3. The number of hydrogen-bond acceptors (Lipinski definition) is 2. The van der Waals surface area contributed by atoms with E-state index < -0.39 is 5.97 Å². The van der Waals surface area contributed by atoms with Crippen molar-refractivity contribution < 1.29 is 9.90 Å². The molecule has 13 heavy (non-hydrogen) atoms. The minimum Gasteiger partial charge on any atom is -0.478 e. The van der Waals surface area contributed by atoms with Crippen LogP contribution in [0.5, 0.6) is 0 Å². The summed E-state index contributed by atoms with van der Waals surface area (Å²) in [6, 6.07) is 0.421. The largest absolute Gasteiger partial charge is 0.478 e. The lowest BCUT2D eigenvalue weighted by Crippen LogP contribution is -2.38. The number of nitrogens with one attached hydrogen (secondary N) is 1. The fraction of sp³-hybridized carbons (Fsp3) is 0.700. The van der Waals surface area contributed by atoms with Crippen molar-refractivity contribution in [3.8, 4) is 0 Å². The maximum Gasteiger partial charge on any atom is 0.332 e. The van der Waals surface area contributed by atoms with Crippen LogP contribution in [0.1, 0.15) is 26.2 Å². The van der Waals surface area contributed by atoms with Crippen LogP contribution in [-0.4, -0.2) is 23.7 Å². The molecule has 1 saturated carbocycles. The lowest BCUT2D eigenvalue weighted by molar-refractivity contribution is -0.132. The van der Waals surface area contributed by atoms with Gasteiger partial charge in [0.05, 0.1) is 0 Å².